The van der Waals surface area contributed by atoms with Gasteiger partial charge in [-0.25, -0.2) is 13.1 Å². The predicted octanol–water partition coefficient (Wildman–Crippen LogP) is 3.66. The van der Waals surface area contributed by atoms with Crippen molar-refractivity contribution in [1.29, 1.82) is 0 Å². The molecule has 0 aliphatic heterocycles. The van der Waals surface area contributed by atoms with Gasteiger partial charge in [0, 0.05) is 18.8 Å². The Morgan fingerprint density at radius 3 is 2.39 bits per heavy atom. The molecule has 0 saturated heterocycles. The maximum absolute atomic E-state index is 12.7. The van der Waals surface area contributed by atoms with Gasteiger partial charge in [0.1, 0.15) is 11.5 Å². The van der Waals surface area contributed by atoms with Gasteiger partial charge in [0.25, 0.3) is 5.91 Å². The Balaban J connectivity index is 1.61. The first-order chi connectivity index (χ1) is 14.8. The second-order valence-electron chi connectivity index (χ2n) is 7.82. The lowest BCUT2D eigenvalue weighted by atomic mass is 9.96. The van der Waals surface area contributed by atoms with Crippen molar-refractivity contribution in [3.8, 4) is 11.5 Å². The van der Waals surface area contributed by atoms with Crippen LogP contribution in [0.4, 0.5) is 5.69 Å². The van der Waals surface area contributed by atoms with E-state index in [0.29, 0.717) is 17.1 Å². The minimum Gasteiger partial charge on any atom is -0.497 e. The Labute approximate surface area is 184 Å². The highest BCUT2D eigenvalue weighted by Crippen LogP contribution is 2.24. The molecule has 7 nitrogen and oxygen atoms in total. The Hall–Kier alpha value is -2.58. The van der Waals surface area contributed by atoms with Crippen molar-refractivity contribution < 1.29 is 22.7 Å². The second kappa shape index (κ2) is 10.2. The fraction of sp³-hybridized carbons (Fsp3) is 0.435. The third-order valence-corrected chi connectivity index (χ3v) is 7.09. The van der Waals surface area contributed by atoms with E-state index in [1.807, 2.05) is 0 Å². The van der Waals surface area contributed by atoms with Crippen LogP contribution in [0.3, 0.4) is 0 Å². The molecular formula is C23H30N2O5S. The number of amides is 1. The largest absolute Gasteiger partial charge is 0.497 e. The molecule has 0 atom stereocenters. The van der Waals surface area contributed by atoms with Gasteiger partial charge in [-0.1, -0.05) is 19.3 Å². The molecule has 1 fully saturated rings. The van der Waals surface area contributed by atoms with Crippen molar-refractivity contribution >= 4 is 21.6 Å². The summed E-state index contributed by atoms with van der Waals surface area (Å²) in [5.74, 6) is 0.970. The maximum Gasteiger partial charge on any atom is 0.264 e. The number of rotatable bonds is 8. The SMILES string of the molecule is COc1ccc(N(C)C(=O)COc2ccc(S(=O)(=O)NC3CCCCC3)cc2C)cc1. The summed E-state index contributed by atoms with van der Waals surface area (Å²) in [4.78, 5) is 14.2. The van der Waals surface area contributed by atoms with Crippen molar-refractivity contribution in [2.24, 2.45) is 0 Å². The van der Waals surface area contributed by atoms with Gasteiger partial charge < -0.3 is 14.4 Å². The van der Waals surface area contributed by atoms with Gasteiger partial charge >= 0.3 is 0 Å². The van der Waals surface area contributed by atoms with Crippen molar-refractivity contribution in [2.75, 3.05) is 25.7 Å². The lowest BCUT2D eigenvalue weighted by Gasteiger charge is -2.23. The quantitative estimate of drug-likeness (QED) is 0.669. The molecule has 0 radical (unpaired) electrons. The minimum atomic E-state index is -3.58. The summed E-state index contributed by atoms with van der Waals surface area (Å²) in [5.41, 5.74) is 1.38. The van der Waals surface area contributed by atoms with Crippen LogP contribution in [0.5, 0.6) is 11.5 Å². The Bertz CT molecular complexity index is 999. The molecule has 1 aliphatic carbocycles. The number of anilines is 1. The van der Waals surface area contributed by atoms with E-state index in [-0.39, 0.29) is 23.5 Å². The number of sulfonamides is 1. The number of nitrogens with one attached hydrogen (secondary N) is 1. The van der Waals surface area contributed by atoms with Crippen LogP contribution in [0.25, 0.3) is 0 Å². The Morgan fingerprint density at radius 2 is 1.77 bits per heavy atom. The molecule has 0 bridgehead atoms. The van der Waals surface area contributed by atoms with Crippen LogP contribution in [-0.4, -0.2) is 41.1 Å². The molecule has 0 heterocycles. The van der Waals surface area contributed by atoms with Crippen LogP contribution in [-0.2, 0) is 14.8 Å². The fourth-order valence-electron chi connectivity index (χ4n) is 3.65. The highest BCUT2D eigenvalue weighted by molar-refractivity contribution is 7.89. The average molecular weight is 447 g/mol. The van der Waals surface area contributed by atoms with E-state index in [9.17, 15) is 13.2 Å². The fourth-order valence-corrected chi connectivity index (χ4v) is 5.03. The first-order valence-corrected chi connectivity index (χ1v) is 11.9. The number of aryl methyl sites for hydroxylation is 1. The van der Waals surface area contributed by atoms with Crippen molar-refractivity contribution in [3.05, 3.63) is 48.0 Å². The molecule has 0 unspecified atom stereocenters. The zero-order valence-electron chi connectivity index (χ0n) is 18.3. The molecule has 0 spiro atoms. The molecule has 2 aromatic carbocycles. The van der Waals surface area contributed by atoms with E-state index in [0.717, 1.165) is 37.8 Å². The summed E-state index contributed by atoms with van der Waals surface area (Å²) in [6, 6.07) is 11.9. The number of benzene rings is 2. The van der Waals surface area contributed by atoms with Crippen LogP contribution in [0.1, 0.15) is 37.7 Å². The van der Waals surface area contributed by atoms with Gasteiger partial charge in [0.15, 0.2) is 6.61 Å². The zero-order valence-corrected chi connectivity index (χ0v) is 19.1. The lowest BCUT2D eigenvalue weighted by Crippen LogP contribution is -2.36. The first kappa shape index (κ1) is 23.1. The number of ether oxygens (including phenoxy) is 2. The number of likely N-dealkylation sites (N-methyl/N-ethyl adjacent to an activating group) is 1. The average Bonchev–Trinajstić information content (AvgIpc) is 2.78. The standard InChI is InChI=1S/C23H30N2O5S/c1-17-15-21(31(27,28)24-18-7-5-4-6-8-18)13-14-22(17)30-16-23(26)25(2)19-9-11-20(29-3)12-10-19/h9-15,18,24H,4-8,16H2,1-3H3. The maximum atomic E-state index is 12.7. The molecule has 8 heteroatoms. The summed E-state index contributed by atoms with van der Waals surface area (Å²) in [6.07, 6.45) is 5.03. The molecule has 1 aliphatic rings. The summed E-state index contributed by atoms with van der Waals surface area (Å²) < 4.78 is 39.0. The van der Waals surface area contributed by atoms with Crippen LogP contribution in [0.2, 0.25) is 0 Å². The van der Waals surface area contributed by atoms with Gasteiger partial charge in [-0.3, -0.25) is 4.79 Å². The molecule has 168 valence electrons. The molecule has 31 heavy (non-hydrogen) atoms. The van der Waals surface area contributed by atoms with E-state index in [2.05, 4.69) is 4.72 Å². The molecule has 1 saturated carbocycles. The number of methoxy groups -OCH3 is 1. The molecule has 0 aromatic heterocycles. The predicted molar refractivity (Wildman–Crippen MR) is 120 cm³/mol. The van der Waals surface area contributed by atoms with E-state index < -0.39 is 10.0 Å². The Morgan fingerprint density at radius 1 is 1.10 bits per heavy atom. The number of hydrogen-bond donors (Lipinski definition) is 1. The summed E-state index contributed by atoms with van der Waals surface area (Å²) >= 11 is 0. The first-order valence-electron chi connectivity index (χ1n) is 10.5. The van der Waals surface area contributed by atoms with Crippen molar-refractivity contribution in [2.45, 2.75) is 50.0 Å². The molecule has 2 aromatic rings. The van der Waals surface area contributed by atoms with Crippen LogP contribution >= 0.6 is 0 Å². The van der Waals surface area contributed by atoms with Crippen LogP contribution in [0.15, 0.2) is 47.4 Å². The van der Waals surface area contributed by atoms with Crippen LogP contribution < -0.4 is 19.1 Å². The highest BCUT2D eigenvalue weighted by atomic mass is 32.2. The van der Waals surface area contributed by atoms with Crippen LogP contribution in [0, 0.1) is 6.92 Å². The molecular weight excluding hydrogens is 416 g/mol. The monoisotopic (exact) mass is 446 g/mol. The molecule has 3 rings (SSSR count). The van der Waals surface area contributed by atoms with Gasteiger partial charge in [-0.05, 0) is 67.8 Å². The van der Waals surface area contributed by atoms with Gasteiger partial charge in [0.2, 0.25) is 10.0 Å². The summed E-state index contributed by atoms with van der Waals surface area (Å²) in [7, 11) is -0.317. The third-order valence-electron chi connectivity index (χ3n) is 5.57. The topological polar surface area (TPSA) is 84.9 Å². The normalized spacial score (nSPS) is 14.8. The number of carbonyl (C=O) groups excluding carboxylic acids is 1. The molecule has 1 N–H and O–H groups in total. The second-order valence-corrected chi connectivity index (χ2v) is 9.54. The van der Waals surface area contributed by atoms with Crippen molar-refractivity contribution in [3.63, 3.8) is 0 Å². The number of carbonyl (C=O) groups is 1. The molecule has 1 amide bonds. The van der Waals surface area contributed by atoms with Crippen molar-refractivity contribution in [1.82, 2.24) is 4.72 Å². The third kappa shape index (κ3) is 5.98. The minimum absolute atomic E-state index is 0.00101. The zero-order chi connectivity index (χ0) is 22.4. The number of nitrogens with zero attached hydrogens (tertiary/aromatic N) is 1. The summed E-state index contributed by atoms with van der Waals surface area (Å²) in [6.45, 7) is 1.61. The van der Waals surface area contributed by atoms with Gasteiger partial charge in [-0.2, -0.15) is 0 Å². The highest BCUT2D eigenvalue weighted by Gasteiger charge is 2.22. The van der Waals surface area contributed by atoms with E-state index >= 15 is 0 Å². The lowest BCUT2D eigenvalue weighted by molar-refractivity contribution is -0.120. The smallest absolute Gasteiger partial charge is 0.264 e. The van der Waals surface area contributed by atoms with E-state index in [1.165, 1.54) is 11.0 Å². The van der Waals surface area contributed by atoms with Gasteiger partial charge in [-0.15, -0.1) is 0 Å². The van der Waals surface area contributed by atoms with Gasteiger partial charge in [0.05, 0.1) is 12.0 Å². The summed E-state index contributed by atoms with van der Waals surface area (Å²) in [5, 5.41) is 0. The Kier molecular flexibility index (Phi) is 7.56. The number of hydrogen-bond acceptors (Lipinski definition) is 5. The van der Waals surface area contributed by atoms with E-state index in [4.69, 9.17) is 9.47 Å². The van der Waals surface area contributed by atoms with E-state index in [1.54, 1.807) is 57.5 Å².